The molecule has 0 spiro atoms. The second-order valence-corrected chi connectivity index (χ2v) is 4.89. The van der Waals surface area contributed by atoms with Crippen LogP contribution in [-0.2, 0) is 9.53 Å². The fourth-order valence-electron chi connectivity index (χ4n) is 2.48. The molecule has 2 aliphatic rings. The van der Waals surface area contributed by atoms with Crippen molar-refractivity contribution in [3.8, 4) is 0 Å². The Hall–Kier alpha value is -0.0700. The molecule has 2 saturated heterocycles. The van der Waals surface area contributed by atoms with E-state index in [2.05, 4.69) is 24.1 Å². The normalized spacial score (nSPS) is 28.2. The molecule has 0 saturated carbocycles. The number of hydrogen-bond acceptors (Lipinski definition) is 4. The van der Waals surface area contributed by atoms with Crippen molar-refractivity contribution in [2.24, 2.45) is 0 Å². The van der Waals surface area contributed by atoms with Crippen LogP contribution < -0.4 is 5.32 Å². The summed E-state index contributed by atoms with van der Waals surface area (Å²) in [6, 6.07) is 0.388. The third kappa shape index (κ3) is 5.08. The molecule has 0 radical (unpaired) electrons. The van der Waals surface area contributed by atoms with Gasteiger partial charge in [-0.3, -0.25) is 9.69 Å². The molecule has 2 rings (SSSR count). The number of hydrogen-bond donors (Lipinski definition) is 1. The van der Waals surface area contributed by atoms with Crippen LogP contribution in [-0.4, -0.2) is 73.7 Å². The molecule has 2 aliphatic heterocycles. The maximum absolute atomic E-state index is 12.3. The molecule has 7 heteroatoms. The minimum absolute atomic E-state index is 0. The average Bonchev–Trinajstić information content (AvgIpc) is 2.38. The van der Waals surface area contributed by atoms with Crippen LogP contribution in [0.1, 0.15) is 13.8 Å². The molecule has 1 N–H and O–H groups in total. The van der Waals surface area contributed by atoms with Gasteiger partial charge in [-0.15, -0.1) is 24.8 Å². The summed E-state index contributed by atoms with van der Waals surface area (Å²) in [5.41, 5.74) is 0. The number of nitrogens with zero attached hydrogens (tertiary/aromatic N) is 2. The Morgan fingerprint density at radius 1 is 1.32 bits per heavy atom. The Bertz CT molecular complexity index is 282. The second-order valence-electron chi connectivity index (χ2n) is 4.89. The van der Waals surface area contributed by atoms with Gasteiger partial charge in [-0.25, -0.2) is 0 Å². The highest BCUT2D eigenvalue weighted by Crippen LogP contribution is 2.10. The van der Waals surface area contributed by atoms with Gasteiger partial charge in [0.05, 0.1) is 6.61 Å². The second kappa shape index (κ2) is 8.97. The van der Waals surface area contributed by atoms with Crippen LogP contribution in [0, 0.1) is 0 Å². The highest BCUT2D eigenvalue weighted by atomic mass is 35.5. The molecule has 0 aromatic carbocycles. The highest BCUT2D eigenvalue weighted by molar-refractivity contribution is 5.85. The lowest BCUT2D eigenvalue weighted by atomic mass is 10.2. The van der Waals surface area contributed by atoms with Crippen LogP contribution in [0.4, 0.5) is 0 Å². The van der Waals surface area contributed by atoms with Crippen molar-refractivity contribution in [1.82, 2.24) is 15.1 Å². The number of ether oxygens (including phenoxy) is 1. The topological polar surface area (TPSA) is 44.8 Å². The fraction of sp³-hybridized carbons (Fsp3) is 0.917. The van der Waals surface area contributed by atoms with Crippen LogP contribution in [0.3, 0.4) is 0 Å². The van der Waals surface area contributed by atoms with E-state index >= 15 is 0 Å². The first-order chi connectivity index (χ1) is 8.20. The van der Waals surface area contributed by atoms with E-state index in [9.17, 15) is 4.79 Å². The van der Waals surface area contributed by atoms with E-state index in [0.717, 1.165) is 39.3 Å². The van der Waals surface area contributed by atoms with Gasteiger partial charge in [0, 0.05) is 38.8 Å². The smallest absolute Gasteiger partial charge is 0.253 e. The van der Waals surface area contributed by atoms with Crippen LogP contribution in [0.2, 0.25) is 0 Å². The molecule has 5 nitrogen and oxygen atoms in total. The molecule has 0 aliphatic carbocycles. The maximum Gasteiger partial charge on any atom is 0.253 e. The van der Waals surface area contributed by atoms with E-state index < -0.39 is 0 Å². The summed E-state index contributed by atoms with van der Waals surface area (Å²) in [5, 5.41) is 3.34. The number of amides is 1. The zero-order valence-corrected chi connectivity index (χ0v) is 13.3. The summed E-state index contributed by atoms with van der Waals surface area (Å²) in [5.74, 6) is 0.163. The van der Waals surface area contributed by atoms with Crippen molar-refractivity contribution in [2.45, 2.75) is 26.0 Å². The van der Waals surface area contributed by atoms with E-state index in [1.165, 1.54) is 0 Å². The van der Waals surface area contributed by atoms with Gasteiger partial charge in [0.2, 0.25) is 0 Å². The van der Waals surface area contributed by atoms with Crippen LogP contribution in [0.25, 0.3) is 0 Å². The summed E-state index contributed by atoms with van der Waals surface area (Å²) in [6.07, 6.45) is -0.256. The first kappa shape index (κ1) is 18.9. The lowest BCUT2D eigenvalue weighted by Gasteiger charge is -2.37. The van der Waals surface area contributed by atoms with Crippen LogP contribution in [0.15, 0.2) is 0 Å². The predicted molar refractivity (Wildman–Crippen MR) is 80.4 cm³/mol. The van der Waals surface area contributed by atoms with Gasteiger partial charge in [0.1, 0.15) is 6.10 Å². The number of nitrogens with one attached hydrogen (secondary N) is 1. The van der Waals surface area contributed by atoms with Crippen molar-refractivity contribution in [2.75, 3.05) is 45.9 Å². The number of carbonyl (C=O) groups is 1. The Morgan fingerprint density at radius 2 is 2.05 bits per heavy atom. The quantitative estimate of drug-likeness (QED) is 0.800. The summed E-state index contributed by atoms with van der Waals surface area (Å²) in [4.78, 5) is 16.5. The van der Waals surface area contributed by atoms with Gasteiger partial charge in [0.25, 0.3) is 5.91 Å². The zero-order valence-electron chi connectivity index (χ0n) is 11.6. The van der Waals surface area contributed by atoms with Crippen LogP contribution in [0.5, 0.6) is 0 Å². The zero-order chi connectivity index (χ0) is 12.3. The van der Waals surface area contributed by atoms with Gasteiger partial charge in [0.15, 0.2) is 0 Å². The minimum Gasteiger partial charge on any atom is -0.366 e. The maximum atomic E-state index is 12.3. The average molecular weight is 314 g/mol. The standard InChI is InChI=1S/C12H23N3O2.2ClH/c1-3-14-6-7-17-11(9-14)12(16)15-5-4-13-10(2)8-15;;/h10-11,13H,3-9H2,1-2H3;2*1H. The molecule has 1 amide bonds. The van der Waals surface area contributed by atoms with E-state index in [1.807, 2.05) is 4.90 Å². The Labute approximate surface area is 127 Å². The number of piperazine rings is 1. The summed E-state index contributed by atoms with van der Waals surface area (Å²) < 4.78 is 5.61. The van der Waals surface area contributed by atoms with Crippen molar-refractivity contribution in [3.63, 3.8) is 0 Å². The summed E-state index contributed by atoms with van der Waals surface area (Å²) in [7, 11) is 0. The third-order valence-corrected chi connectivity index (χ3v) is 3.55. The lowest BCUT2D eigenvalue weighted by Crippen LogP contribution is -2.57. The SMILES string of the molecule is CCN1CCOC(C(=O)N2CCNC(C)C2)C1.Cl.Cl. The summed E-state index contributed by atoms with van der Waals surface area (Å²) >= 11 is 0. The molecule has 2 atom stereocenters. The monoisotopic (exact) mass is 313 g/mol. The van der Waals surface area contributed by atoms with Crippen molar-refractivity contribution in [1.29, 1.82) is 0 Å². The molecule has 0 aromatic heterocycles. The van der Waals surface area contributed by atoms with Gasteiger partial charge in [-0.05, 0) is 13.5 Å². The third-order valence-electron chi connectivity index (χ3n) is 3.55. The molecule has 2 heterocycles. The van der Waals surface area contributed by atoms with Gasteiger partial charge >= 0.3 is 0 Å². The van der Waals surface area contributed by atoms with Gasteiger partial charge < -0.3 is 15.0 Å². The van der Waals surface area contributed by atoms with Gasteiger partial charge in [-0.2, -0.15) is 0 Å². The molecular weight excluding hydrogens is 289 g/mol. The largest absolute Gasteiger partial charge is 0.366 e. The number of morpholine rings is 1. The Balaban J connectivity index is 0.00000162. The first-order valence-electron chi connectivity index (χ1n) is 6.57. The van der Waals surface area contributed by atoms with Crippen molar-refractivity contribution >= 4 is 30.7 Å². The Morgan fingerprint density at radius 3 is 2.68 bits per heavy atom. The Kier molecular flexibility index (Phi) is 8.94. The highest BCUT2D eigenvalue weighted by Gasteiger charge is 2.31. The minimum atomic E-state index is -0.256. The number of halogens is 2. The molecule has 2 unspecified atom stereocenters. The number of carbonyl (C=O) groups excluding carboxylic acids is 1. The molecular formula is C12H25Cl2N3O2. The van der Waals surface area contributed by atoms with Crippen molar-refractivity contribution < 1.29 is 9.53 Å². The number of rotatable bonds is 2. The summed E-state index contributed by atoms with van der Waals surface area (Å²) in [6.45, 7) is 10.1. The first-order valence-corrected chi connectivity index (χ1v) is 6.57. The molecule has 114 valence electrons. The lowest BCUT2D eigenvalue weighted by molar-refractivity contribution is -0.150. The molecule has 0 aromatic rings. The van der Waals surface area contributed by atoms with E-state index in [0.29, 0.717) is 12.6 Å². The van der Waals surface area contributed by atoms with E-state index in [-0.39, 0.29) is 36.8 Å². The van der Waals surface area contributed by atoms with E-state index in [1.54, 1.807) is 0 Å². The van der Waals surface area contributed by atoms with E-state index in [4.69, 9.17) is 4.74 Å². The number of likely N-dealkylation sites (N-methyl/N-ethyl adjacent to an activating group) is 1. The van der Waals surface area contributed by atoms with Gasteiger partial charge in [-0.1, -0.05) is 6.92 Å². The molecule has 2 fully saturated rings. The van der Waals surface area contributed by atoms with Crippen LogP contribution >= 0.6 is 24.8 Å². The fourth-order valence-corrected chi connectivity index (χ4v) is 2.48. The predicted octanol–water partition coefficient (Wildman–Crippen LogP) is 0.371. The molecule has 19 heavy (non-hydrogen) atoms. The van der Waals surface area contributed by atoms with Crippen molar-refractivity contribution in [3.05, 3.63) is 0 Å². The molecule has 0 bridgehead atoms.